The van der Waals surface area contributed by atoms with Crippen molar-refractivity contribution in [3.63, 3.8) is 0 Å². The second-order valence-corrected chi connectivity index (χ2v) is 11.9. The summed E-state index contributed by atoms with van der Waals surface area (Å²) in [6, 6.07) is -0.611. The summed E-state index contributed by atoms with van der Waals surface area (Å²) in [6.45, 7) is 4.19. The van der Waals surface area contributed by atoms with Crippen molar-refractivity contribution in [3.05, 3.63) is 12.2 Å². The van der Waals surface area contributed by atoms with Crippen LogP contribution in [0.3, 0.4) is 0 Å². The van der Waals surface area contributed by atoms with E-state index < -0.39 is 12.1 Å². The third-order valence-corrected chi connectivity index (χ3v) is 8.02. The molecule has 0 heterocycles. The summed E-state index contributed by atoms with van der Waals surface area (Å²) in [5.74, 6) is -0.0815. The van der Waals surface area contributed by atoms with Crippen molar-refractivity contribution < 1.29 is 15.0 Å². The van der Waals surface area contributed by atoms with Gasteiger partial charge in [-0.2, -0.15) is 0 Å². The zero-order valence-electron chi connectivity index (χ0n) is 26.4. The standard InChI is InChI=1S/C35H69NO3/c1-3-5-7-9-10-11-12-13-14-15-16-17-18-19-20-21-22-23-24-25-26-27-28-30-34(38)33(32-37)36-35(39)31-29-8-6-4-2/h28,30,33-34,37-38H,3-27,29,31-32H2,1-2H3,(H,36,39)/b30-28+. The van der Waals surface area contributed by atoms with Crippen LogP contribution < -0.4 is 5.32 Å². The number of carbonyl (C=O) groups is 1. The molecule has 1 amide bonds. The molecule has 2 unspecified atom stereocenters. The molecule has 0 aromatic heterocycles. The lowest BCUT2D eigenvalue weighted by atomic mass is 10.0. The van der Waals surface area contributed by atoms with Gasteiger partial charge in [-0.25, -0.2) is 0 Å². The SMILES string of the molecule is CCCCCCCCCCCCCCCCCCCCCCC/C=C/C(O)C(CO)NC(=O)CCCCCC. The summed E-state index contributed by atoms with van der Waals surface area (Å²) in [5, 5.41) is 22.6. The average Bonchev–Trinajstić information content (AvgIpc) is 2.94. The van der Waals surface area contributed by atoms with Gasteiger partial charge in [-0.3, -0.25) is 4.79 Å². The minimum Gasteiger partial charge on any atom is -0.394 e. The number of unbranched alkanes of at least 4 members (excludes halogenated alkanes) is 24. The van der Waals surface area contributed by atoms with Crippen LogP contribution in [0.25, 0.3) is 0 Å². The number of nitrogens with one attached hydrogen (secondary N) is 1. The van der Waals surface area contributed by atoms with Crippen molar-refractivity contribution in [3.8, 4) is 0 Å². The Bertz CT molecular complexity index is 522. The third kappa shape index (κ3) is 28.5. The molecule has 0 fully saturated rings. The number of hydrogen-bond acceptors (Lipinski definition) is 3. The van der Waals surface area contributed by atoms with E-state index >= 15 is 0 Å². The number of carbonyl (C=O) groups excluding carboxylic acids is 1. The Morgan fingerprint density at radius 3 is 1.33 bits per heavy atom. The van der Waals surface area contributed by atoms with Gasteiger partial charge in [-0.05, 0) is 19.3 Å². The first-order valence-electron chi connectivity index (χ1n) is 17.4. The van der Waals surface area contributed by atoms with Crippen molar-refractivity contribution in [2.45, 2.75) is 199 Å². The van der Waals surface area contributed by atoms with Crippen LogP contribution in [-0.2, 0) is 4.79 Å². The monoisotopic (exact) mass is 552 g/mol. The molecule has 3 N–H and O–H groups in total. The molecular weight excluding hydrogens is 482 g/mol. The predicted octanol–water partition coefficient (Wildman–Crippen LogP) is 9.95. The van der Waals surface area contributed by atoms with E-state index in [1.54, 1.807) is 6.08 Å². The molecule has 0 bridgehead atoms. The Labute approximate surface area is 244 Å². The summed E-state index contributed by atoms with van der Waals surface area (Å²) >= 11 is 0. The molecule has 4 nitrogen and oxygen atoms in total. The van der Waals surface area contributed by atoms with E-state index in [4.69, 9.17) is 0 Å². The number of allylic oxidation sites excluding steroid dienone is 1. The second-order valence-electron chi connectivity index (χ2n) is 11.9. The van der Waals surface area contributed by atoms with Crippen molar-refractivity contribution in [2.24, 2.45) is 0 Å². The topological polar surface area (TPSA) is 69.6 Å². The summed E-state index contributed by atoms with van der Waals surface area (Å²) in [6.07, 6.45) is 37.8. The van der Waals surface area contributed by atoms with Crippen LogP contribution in [0.2, 0.25) is 0 Å². The predicted molar refractivity (Wildman–Crippen MR) is 170 cm³/mol. The quantitative estimate of drug-likeness (QED) is 0.0593. The second kappa shape index (κ2) is 31.7. The van der Waals surface area contributed by atoms with Gasteiger partial charge in [-0.15, -0.1) is 0 Å². The average molecular weight is 552 g/mol. The molecule has 0 radical (unpaired) electrons. The third-order valence-electron chi connectivity index (χ3n) is 8.02. The van der Waals surface area contributed by atoms with E-state index in [9.17, 15) is 15.0 Å². The fraction of sp³-hybridized carbons (Fsp3) is 0.914. The Kier molecular flexibility index (Phi) is 30.9. The van der Waals surface area contributed by atoms with Crippen LogP contribution in [0.15, 0.2) is 12.2 Å². The Morgan fingerprint density at radius 2 is 0.949 bits per heavy atom. The summed E-state index contributed by atoms with van der Waals surface area (Å²) in [5.41, 5.74) is 0. The molecule has 39 heavy (non-hydrogen) atoms. The van der Waals surface area contributed by atoms with Crippen molar-refractivity contribution in [2.75, 3.05) is 6.61 Å². The van der Waals surface area contributed by atoms with Crippen LogP contribution >= 0.6 is 0 Å². The molecule has 0 aliphatic rings. The highest BCUT2D eigenvalue weighted by Crippen LogP contribution is 2.15. The van der Waals surface area contributed by atoms with Gasteiger partial charge in [0.15, 0.2) is 0 Å². The van der Waals surface area contributed by atoms with Crippen LogP contribution in [0.1, 0.15) is 187 Å². The lowest BCUT2D eigenvalue weighted by Crippen LogP contribution is -2.45. The highest BCUT2D eigenvalue weighted by atomic mass is 16.3. The molecule has 0 saturated carbocycles. The van der Waals surface area contributed by atoms with E-state index in [0.29, 0.717) is 6.42 Å². The minimum absolute atomic E-state index is 0.0815. The molecule has 0 rings (SSSR count). The molecule has 0 aliphatic carbocycles. The van der Waals surface area contributed by atoms with Crippen LogP contribution in [0.4, 0.5) is 0 Å². The molecule has 232 valence electrons. The lowest BCUT2D eigenvalue weighted by molar-refractivity contribution is -0.123. The fourth-order valence-corrected chi connectivity index (χ4v) is 5.29. The molecule has 4 heteroatoms. The summed E-state index contributed by atoms with van der Waals surface area (Å²) in [4.78, 5) is 12.0. The first-order valence-corrected chi connectivity index (χ1v) is 17.4. The van der Waals surface area contributed by atoms with E-state index in [0.717, 1.165) is 38.5 Å². The molecular formula is C35H69NO3. The molecule has 0 aromatic rings. The van der Waals surface area contributed by atoms with Gasteiger partial charge in [0.1, 0.15) is 0 Å². The highest BCUT2D eigenvalue weighted by Gasteiger charge is 2.17. The summed E-state index contributed by atoms with van der Waals surface area (Å²) in [7, 11) is 0. The van der Waals surface area contributed by atoms with Gasteiger partial charge >= 0.3 is 0 Å². The zero-order valence-corrected chi connectivity index (χ0v) is 26.4. The molecule has 0 spiro atoms. The van der Waals surface area contributed by atoms with Gasteiger partial charge in [0.25, 0.3) is 0 Å². The van der Waals surface area contributed by atoms with Gasteiger partial charge in [0, 0.05) is 6.42 Å². The number of hydrogen-bond donors (Lipinski definition) is 3. The van der Waals surface area contributed by atoms with E-state index in [2.05, 4.69) is 19.2 Å². The molecule has 2 atom stereocenters. The van der Waals surface area contributed by atoms with Crippen LogP contribution in [0.5, 0.6) is 0 Å². The van der Waals surface area contributed by atoms with Gasteiger partial charge in [0.05, 0.1) is 18.8 Å². The smallest absolute Gasteiger partial charge is 0.220 e. The molecule has 0 aromatic carbocycles. The van der Waals surface area contributed by atoms with Crippen molar-refractivity contribution >= 4 is 5.91 Å². The van der Waals surface area contributed by atoms with Gasteiger partial charge in [0.2, 0.25) is 5.91 Å². The largest absolute Gasteiger partial charge is 0.394 e. The number of aliphatic hydroxyl groups excluding tert-OH is 2. The minimum atomic E-state index is -0.829. The van der Waals surface area contributed by atoms with E-state index in [1.165, 1.54) is 128 Å². The maximum absolute atomic E-state index is 12.0. The first kappa shape index (κ1) is 38.1. The number of aliphatic hydroxyl groups is 2. The molecule has 0 aliphatic heterocycles. The normalized spacial score (nSPS) is 13.2. The Balaban J connectivity index is 3.43. The lowest BCUT2D eigenvalue weighted by Gasteiger charge is -2.19. The summed E-state index contributed by atoms with van der Waals surface area (Å²) < 4.78 is 0. The van der Waals surface area contributed by atoms with Crippen LogP contribution in [-0.4, -0.2) is 34.9 Å². The van der Waals surface area contributed by atoms with E-state index in [1.807, 2.05) is 6.08 Å². The molecule has 0 saturated heterocycles. The maximum Gasteiger partial charge on any atom is 0.220 e. The number of rotatable bonds is 31. The number of amides is 1. The van der Waals surface area contributed by atoms with Crippen molar-refractivity contribution in [1.29, 1.82) is 0 Å². The van der Waals surface area contributed by atoms with E-state index in [-0.39, 0.29) is 12.5 Å². The van der Waals surface area contributed by atoms with Crippen LogP contribution in [0, 0.1) is 0 Å². The van der Waals surface area contributed by atoms with Gasteiger partial charge < -0.3 is 15.5 Å². The van der Waals surface area contributed by atoms with Crippen molar-refractivity contribution in [1.82, 2.24) is 5.32 Å². The van der Waals surface area contributed by atoms with Gasteiger partial charge in [-0.1, -0.05) is 174 Å². The Hall–Kier alpha value is -0.870. The fourth-order valence-electron chi connectivity index (χ4n) is 5.29. The first-order chi connectivity index (χ1) is 19.2. The zero-order chi connectivity index (χ0) is 28.7. The maximum atomic E-state index is 12.0. The Morgan fingerprint density at radius 1 is 0.590 bits per heavy atom. The highest BCUT2D eigenvalue weighted by molar-refractivity contribution is 5.76.